The summed E-state index contributed by atoms with van der Waals surface area (Å²) in [5, 5.41) is 0. The van der Waals surface area contributed by atoms with Crippen LogP contribution in [0.4, 0.5) is 0 Å². The Labute approximate surface area is 152 Å². The number of hydrogen-bond donors (Lipinski definition) is 0. The van der Waals surface area contributed by atoms with Crippen LogP contribution in [-0.4, -0.2) is 16.8 Å². The number of amides is 1. The van der Waals surface area contributed by atoms with Gasteiger partial charge in [0.25, 0.3) is 0 Å². The summed E-state index contributed by atoms with van der Waals surface area (Å²) in [6.07, 6.45) is 8.32. The van der Waals surface area contributed by atoms with Gasteiger partial charge in [0, 0.05) is 18.2 Å². The maximum atomic E-state index is 13.0. The number of nitrogens with zero attached hydrogens (tertiary/aromatic N) is 1. The molecule has 2 heteroatoms. The highest BCUT2D eigenvalue weighted by atomic mass is 16.2. The number of carbonyl (C=O) groups excluding carboxylic acids is 1. The Morgan fingerprint density at radius 2 is 1.64 bits per heavy atom. The Kier molecular flexibility index (Phi) is 4.25. The second-order valence-electron chi connectivity index (χ2n) is 9.15. The highest BCUT2D eigenvalue weighted by Gasteiger charge is 2.54. The molecule has 0 spiro atoms. The number of carbonyl (C=O) groups is 1. The van der Waals surface area contributed by atoms with Gasteiger partial charge in [-0.15, -0.1) is 0 Å². The molecule has 134 valence electrons. The van der Waals surface area contributed by atoms with Gasteiger partial charge in [0.2, 0.25) is 5.91 Å². The summed E-state index contributed by atoms with van der Waals surface area (Å²) < 4.78 is 0. The summed E-state index contributed by atoms with van der Waals surface area (Å²) in [6.45, 7) is 8.83. The van der Waals surface area contributed by atoms with Gasteiger partial charge in [-0.05, 0) is 81.1 Å². The van der Waals surface area contributed by atoms with Gasteiger partial charge in [0.05, 0.1) is 0 Å². The first kappa shape index (κ1) is 16.9. The lowest BCUT2D eigenvalue weighted by Crippen LogP contribution is -2.57. The van der Waals surface area contributed by atoms with Gasteiger partial charge in [0.1, 0.15) is 0 Å². The molecule has 25 heavy (non-hydrogen) atoms. The van der Waals surface area contributed by atoms with Crippen LogP contribution in [0.3, 0.4) is 0 Å². The normalized spacial score (nSPS) is 33.9. The van der Waals surface area contributed by atoms with Crippen LogP contribution in [0, 0.1) is 23.2 Å². The van der Waals surface area contributed by atoms with E-state index in [9.17, 15) is 4.79 Å². The van der Waals surface area contributed by atoms with Crippen molar-refractivity contribution in [2.24, 2.45) is 23.2 Å². The minimum absolute atomic E-state index is 0.132. The van der Waals surface area contributed by atoms with Gasteiger partial charge in [-0.1, -0.05) is 36.9 Å². The standard InChI is InChI=1S/C23H31NO/c1-16(2)22(25)24(15-18-7-5-4-6-8-18)17(3)23-12-19-9-20(13-23)11-21(10-19)14-23/h4-8,17,19-21H,1,9-15H2,2-3H3. The highest BCUT2D eigenvalue weighted by Crippen LogP contribution is 2.62. The van der Waals surface area contributed by atoms with Crippen molar-refractivity contribution in [3.05, 3.63) is 48.0 Å². The van der Waals surface area contributed by atoms with E-state index in [0.29, 0.717) is 23.6 Å². The van der Waals surface area contributed by atoms with Crippen LogP contribution in [0.2, 0.25) is 0 Å². The maximum Gasteiger partial charge on any atom is 0.249 e. The number of rotatable bonds is 5. The molecule has 1 aromatic rings. The summed E-state index contributed by atoms with van der Waals surface area (Å²) in [7, 11) is 0. The molecular weight excluding hydrogens is 306 g/mol. The minimum atomic E-state index is 0.132. The van der Waals surface area contributed by atoms with Crippen LogP contribution in [0.1, 0.15) is 57.9 Å². The molecule has 0 N–H and O–H groups in total. The zero-order valence-electron chi connectivity index (χ0n) is 15.7. The van der Waals surface area contributed by atoms with Crippen LogP contribution in [0.25, 0.3) is 0 Å². The lowest BCUT2D eigenvalue weighted by Gasteiger charge is -2.60. The number of benzene rings is 1. The second kappa shape index (κ2) is 6.30. The van der Waals surface area contributed by atoms with E-state index in [4.69, 9.17) is 0 Å². The fourth-order valence-electron chi connectivity index (χ4n) is 6.43. The Hall–Kier alpha value is -1.57. The third-order valence-corrected chi connectivity index (χ3v) is 7.26. The first-order valence-corrected chi connectivity index (χ1v) is 9.97. The minimum Gasteiger partial charge on any atom is -0.331 e. The molecule has 4 bridgehead atoms. The molecule has 0 saturated heterocycles. The van der Waals surface area contributed by atoms with Crippen LogP contribution in [-0.2, 0) is 11.3 Å². The summed E-state index contributed by atoms with van der Waals surface area (Å²) in [4.78, 5) is 15.1. The van der Waals surface area contributed by atoms with Crippen molar-refractivity contribution in [2.45, 2.75) is 65.0 Å². The van der Waals surface area contributed by atoms with Gasteiger partial charge in [-0.25, -0.2) is 0 Å². The molecule has 0 aromatic heterocycles. The molecule has 5 rings (SSSR count). The Balaban J connectivity index is 1.62. The predicted molar refractivity (Wildman–Crippen MR) is 102 cm³/mol. The molecule has 0 radical (unpaired) electrons. The smallest absolute Gasteiger partial charge is 0.249 e. The van der Waals surface area contributed by atoms with E-state index in [-0.39, 0.29) is 5.91 Å². The molecule has 4 fully saturated rings. The van der Waals surface area contributed by atoms with E-state index in [1.807, 2.05) is 13.0 Å². The summed E-state index contributed by atoms with van der Waals surface area (Å²) in [6, 6.07) is 10.7. The molecule has 4 saturated carbocycles. The Bertz CT molecular complexity index is 627. The largest absolute Gasteiger partial charge is 0.331 e. The SMILES string of the molecule is C=C(C)C(=O)N(Cc1ccccc1)C(C)C12CC3CC(CC(C3)C1)C2. The van der Waals surface area contributed by atoms with Crippen molar-refractivity contribution in [3.63, 3.8) is 0 Å². The fourth-order valence-corrected chi connectivity index (χ4v) is 6.43. The van der Waals surface area contributed by atoms with E-state index >= 15 is 0 Å². The predicted octanol–water partition coefficient (Wildman–Crippen LogP) is 5.20. The van der Waals surface area contributed by atoms with Gasteiger partial charge in [-0.3, -0.25) is 4.79 Å². The van der Waals surface area contributed by atoms with Crippen molar-refractivity contribution >= 4 is 5.91 Å². The summed E-state index contributed by atoms with van der Waals surface area (Å²) >= 11 is 0. The van der Waals surface area contributed by atoms with Crippen molar-refractivity contribution in [3.8, 4) is 0 Å². The summed E-state index contributed by atoms with van der Waals surface area (Å²) in [5.41, 5.74) is 2.22. The van der Waals surface area contributed by atoms with Gasteiger partial charge in [0.15, 0.2) is 0 Å². The highest BCUT2D eigenvalue weighted by molar-refractivity contribution is 5.92. The van der Waals surface area contributed by atoms with Crippen LogP contribution < -0.4 is 0 Å². The quantitative estimate of drug-likeness (QED) is 0.677. The maximum absolute atomic E-state index is 13.0. The van der Waals surface area contributed by atoms with Crippen molar-refractivity contribution < 1.29 is 4.79 Å². The molecule has 1 amide bonds. The van der Waals surface area contributed by atoms with Crippen LogP contribution >= 0.6 is 0 Å². The molecule has 2 nitrogen and oxygen atoms in total. The topological polar surface area (TPSA) is 20.3 Å². The lowest BCUT2D eigenvalue weighted by molar-refractivity contribution is -0.142. The monoisotopic (exact) mass is 337 g/mol. The lowest BCUT2D eigenvalue weighted by atomic mass is 9.47. The van der Waals surface area contributed by atoms with Gasteiger partial charge < -0.3 is 4.90 Å². The molecule has 0 heterocycles. The number of hydrogen-bond acceptors (Lipinski definition) is 1. The van der Waals surface area contributed by atoms with E-state index in [1.54, 1.807) is 0 Å². The first-order valence-electron chi connectivity index (χ1n) is 9.97. The molecule has 4 aliphatic carbocycles. The van der Waals surface area contributed by atoms with Crippen LogP contribution in [0.15, 0.2) is 42.5 Å². The average Bonchev–Trinajstić information content (AvgIpc) is 2.58. The molecule has 1 aromatic carbocycles. The zero-order valence-corrected chi connectivity index (χ0v) is 15.7. The molecule has 1 unspecified atom stereocenters. The van der Waals surface area contributed by atoms with Crippen LogP contribution in [0.5, 0.6) is 0 Å². The zero-order chi connectivity index (χ0) is 17.6. The average molecular weight is 338 g/mol. The molecule has 0 aliphatic heterocycles. The second-order valence-corrected chi connectivity index (χ2v) is 9.15. The molecular formula is C23H31NO. The fraction of sp³-hybridized carbons (Fsp3) is 0.609. The van der Waals surface area contributed by atoms with Gasteiger partial charge in [-0.2, -0.15) is 0 Å². The van der Waals surface area contributed by atoms with Crippen molar-refractivity contribution in [2.75, 3.05) is 0 Å². The van der Waals surface area contributed by atoms with Crippen molar-refractivity contribution in [1.82, 2.24) is 4.90 Å². The van der Waals surface area contributed by atoms with E-state index in [2.05, 4.69) is 42.7 Å². The molecule has 4 aliphatic rings. The first-order chi connectivity index (χ1) is 12.0. The van der Waals surface area contributed by atoms with Crippen molar-refractivity contribution in [1.29, 1.82) is 0 Å². The summed E-state index contributed by atoms with van der Waals surface area (Å²) in [5.74, 6) is 2.86. The van der Waals surface area contributed by atoms with E-state index < -0.39 is 0 Å². The Morgan fingerprint density at radius 3 is 2.12 bits per heavy atom. The van der Waals surface area contributed by atoms with E-state index in [1.165, 1.54) is 44.1 Å². The molecule has 1 atom stereocenters. The Morgan fingerprint density at radius 1 is 1.12 bits per heavy atom. The third kappa shape index (κ3) is 3.05. The van der Waals surface area contributed by atoms with E-state index in [0.717, 1.165) is 17.8 Å². The third-order valence-electron chi connectivity index (χ3n) is 7.26. The van der Waals surface area contributed by atoms with Gasteiger partial charge >= 0.3 is 0 Å².